The van der Waals surface area contributed by atoms with Gasteiger partial charge in [0.25, 0.3) is 5.69 Å². The van der Waals surface area contributed by atoms with E-state index in [0.717, 1.165) is 24.9 Å². The lowest BCUT2D eigenvalue weighted by atomic mass is 9.98. The molecule has 0 aliphatic carbocycles. The van der Waals surface area contributed by atoms with Crippen LogP contribution in [0.1, 0.15) is 31.7 Å². The zero-order chi connectivity index (χ0) is 14.0. The molecule has 1 saturated heterocycles. The molecular weight excluding hydrogens is 244 g/mol. The molecule has 1 heterocycles. The van der Waals surface area contributed by atoms with E-state index in [2.05, 4.69) is 0 Å². The molecule has 1 N–H and O–H groups in total. The standard InChI is InChI=1S/C14H20N2O3/c1-11-4-5-12(16(18)19)13(10-11)15-8-3-6-14(2,17)7-9-15/h4-5,10,17H,3,6-9H2,1-2H3. The molecule has 1 unspecified atom stereocenters. The molecule has 5 nitrogen and oxygen atoms in total. The smallest absolute Gasteiger partial charge is 0.292 e. The van der Waals surface area contributed by atoms with Crippen molar-refractivity contribution in [1.29, 1.82) is 0 Å². The molecule has 1 atom stereocenters. The molecule has 0 bridgehead atoms. The van der Waals surface area contributed by atoms with E-state index in [-0.39, 0.29) is 10.6 Å². The summed E-state index contributed by atoms with van der Waals surface area (Å²) in [5, 5.41) is 21.2. The maximum atomic E-state index is 11.1. The van der Waals surface area contributed by atoms with Gasteiger partial charge >= 0.3 is 0 Å². The first-order valence-corrected chi connectivity index (χ1v) is 6.61. The van der Waals surface area contributed by atoms with Gasteiger partial charge in [0.15, 0.2) is 0 Å². The minimum atomic E-state index is -0.659. The van der Waals surface area contributed by atoms with Gasteiger partial charge in [0.1, 0.15) is 5.69 Å². The molecule has 1 aromatic rings. The largest absolute Gasteiger partial charge is 0.390 e. The van der Waals surface area contributed by atoms with Gasteiger partial charge in [0.2, 0.25) is 0 Å². The third-order valence-corrected chi connectivity index (χ3v) is 3.73. The summed E-state index contributed by atoms with van der Waals surface area (Å²) in [4.78, 5) is 12.8. The molecular formula is C14H20N2O3. The Labute approximate surface area is 113 Å². The van der Waals surface area contributed by atoms with Crippen molar-refractivity contribution in [2.45, 2.75) is 38.7 Å². The number of nitrogens with zero attached hydrogens (tertiary/aromatic N) is 2. The van der Waals surface area contributed by atoms with Crippen molar-refractivity contribution in [1.82, 2.24) is 0 Å². The molecule has 1 aromatic carbocycles. The number of hydrogen-bond acceptors (Lipinski definition) is 4. The Morgan fingerprint density at radius 2 is 2.11 bits per heavy atom. The summed E-state index contributed by atoms with van der Waals surface area (Å²) in [5.74, 6) is 0. The molecule has 5 heteroatoms. The van der Waals surface area contributed by atoms with Gasteiger partial charge in [-0.05, 0) is 44.7 Å². The van der Waals surface area contributed by atoms with Crippen LogP contribution >= 0.6 is 0 Å². The highest BCUT2D eigenvalue weighted by Crippen LogP contribution is 2.32. The molecule has 104 valence electrons. The number of nitro groups is 1. The number of hydrogen-bond donors (Lipinski definition) is 1. The van der Waals surface area contributed by atoms with Crippen molar-refractivity contribution in [2.75, 3.05) is 18.0 Å². The molecule has 1 aliphatic heterocycles. The molecule has 0 radical (unpaired) electrons. The van der Waals surface area contributed by atoms with Gasteiger partial charge in [-0.3, -0.25) is 10.1 Å². The molecule has 1 aliphatic rings. The Kier molecular flexibility index (Phi) is 3.75. The van der Waals surface area contributed by atoms with Gasteiger partial charge in [0.05, 0.1) is 10.5 Å². The summed E-state index contributed by atoms with van der Waals surface area (Å²) >= 11 is 0. The van der Waals surface area contributed by atoms with E-state index in [0.29, 0.717) is 18.7 Å². The second kappa shape index (κ2) is 5.17. The van der Waals surface area contributed by atoms with Crippen LogP contribution in [0.15, 0.2) is 18.2 Å². The van der Waals surface area contributed by atoms with Crippen LogP contribution in [-0.4, -0.2) is 28.7 Å². The number of rotatable bonds is 2. The van der Waals surface area contributed by atoms with Crippen molar-refractivity contribution in [3.05, 3.63) is 33.9 Å². The van der Waals surface area contributed by atoms with Crippen LogP contribution < -0.4 is 4.90 Å². The van der Waals surface area contributed by atoms with E-state index in [1.54, 1.807) is 12.1 Å². The Balaban J connectivity index is 2.30. The lowest BCUT2D eigenvalue weighted by Gasteiger charge is -2.24. The molecule has 19 heavy (non-hydrogen) atoms. The highest BCUT2D eigenvalue weighted by Gasteiger charge is 2.27. The average molecular weight is 264 g/mol. The minimum Gasteiger partial charge on any atom is -0.390 e. The summed E-state index contributed by atoms with van der Waals surface area (Å²) in [6, 6.07) is 5.18. The van der Waals surface area contributed by atoms with Crippen molar-refractivity contribution < 1.29 is 10.0 Å². The fourth-order valence-corrected chi connectivity index (χ4v) is 2.55. The number of aryl methyl sites for hydroxylation is 1. The Bertz CT molecular complexity index is 486. The van der Waals surface area contributed by atoms with E-state index < -0.39 is 5.60 Å². The van der Waals surface area contributed by atoms with Crippen LogP contribution in [0.3, 0.4) is 0 Å². The highest BCUT2D eigenvalue weighted by atomic mass is 16.6. The Morgan fingerprint density at radius 3 is 2.79 bits per heavy atom. The summed E-state index contributed by atoms with van der Waals surface area (Å²) in [6.45, 7) is 5.17. The maximum absolute atomic E-state index is 11.1. The predicted octanol–water partition coefficient (Wildman–Crippen LogP) is 2.64. The van der Waals surface area contributed by atoms with Gasteiger partial charge in [-0.2, -0.15) is 0 Å². The SMILES string of the molecule is Cc1ccc([N+](=O)[O-])c(N2CCCC(C)(O)CC2)c1. The first-order valence-electron chi connectivity index (χ1n) is 6.61. The summed E-state index contributed by atoms with van der Waals surface area (Å²) < 4.78 is 0. The number of nitro benzene ring substituents is 1. The Morgan fingerprint density at radius 1 is 1.37 bits per heavy atom. The van der Waals surface area contributed by atoms with E-state index >= 15 is 0 Å². The second-order valence-electron chi connectivity index (χ2n) is 5.59. The lowest BCUT2D eigenvalue weighted by molar-refractivity contribution is -0.384. The first kappa shape index (κ1) is 13.8. The highest BCUT2D eigenvalue weighted by molar-refractivity contribution is 5.64. The van der Waals surface area contributed by atoms with Gasteiger partial charge in [-0.15, -0.1) is 0 Å². The molecule has 0 saturated carbocycles. The van der Waals surface area contributed by atoms with E-state index in [9.17, 15) is 15.2 Å². The van der Waals surface area contributed by atoms with E-state index in [1.807, 2.05) is 24.8 Å². The number of aliphatic hydroxyl groups is 1. The average Bonchev–Trinajstić information content (AvgIpc) is 2.49. The molecule has 1 fully saturated rings. The van der Waals surface area contributed by atoms with Crippen molar-refractivity contribution in [3.63, 3.8) is 0 Å². The number of benzene rings is 1. The summed E-state index contributed by atoms with van der Waals surface area (Å²) in [7, 11) is 0. The van der Waals surface area contributed by atoms with Crippen molar-refractivity contribution >= 4 is 11.4 Å². The van der Waals surface area contributed by atoms with E-state index in [4.69, 9.17) is 0 Å². The van der Waals surface area contributed by atoms with Gasteiger partial charge in [-0.1, -0.05) is 6.07 Å². The third kappa shape index (κ3) is 3.23. The topological polar surface area (TPSA) is 66.6 Å². The van der Waals surface area contributed by atoms with Gasteiger partial charge in [0, 0.05) is 19.2 Å². The van der Waals surface area contributed by atoms with Crippen LogP contribution in [0.4, 0.5) is 11.4 Å². The quantitative estimate of drug-likeness (QED) is 0.658. The van der Waals surface area contributed by atoms with Gasteiger partial charge < -0.3 is 10.0 Å². The molecule has 0 amide bonds. The molecule has 0 aromatic heterocycles. The maximum Gasteiger partial charge on any atom is 0.292 e. The predicted molar refractivity (Wildman–Crippen MR) is 74.5 cm³/mol. The van der Waals surface area contributed by atoms with Crippen LogP contribution in [-0.2, 0) is 0 Å². The minimum absolute atomic E-state index is 0.146. The van der Waals surface area contributed by atoms with Crippen LogP contribution in [0.25, 0.3) is 0 Å². The zero-order valence-corrected chi connectivity index (χ0v) is 11.4. The van der Waals surface area contributed by atoms with E-state index in [1.165, 1.54) is 0 Å². The van der Waals surface area contributed by atoms with Crippen molar-refractivity contribution in [2.24, 2.45) is 0 Å². The third-order valence-electron chi connectivity index (χ3n) is 3.73. The van der Waals surface area contributed by atoms with Crippen LogP contribution in [0.2, 0.25) is 0 Å². The lowest BCUT2D eigenvalue weighted by Crippen LogP contribution is -2.28. The normalized spacial score (nSPS) is 24.1. The second-order valence-corrected chi connectivity index (χ2v) is 5.59. The molecule has 0 spiro atoms. The zero-order valence-electron chi connectivity index (χ0n) is 11.4. The number of anilines is 1. The van der Waals surface area contributed by atoms with Gasteiger partial charge in [-0.25, -0.2) is 0 Å². The monoisotopic (exact) mass is 264 g/mol. The molecule has 2 rings (SSSR count). The Hall–Kier alpha value is -1.62. The fourth-order valence-electron chi connectivity index (χ4n) is 2.55. The van der Waals surface area contributed by atoms with Crippen LogP contribution in [0.5, 0.6) is 0 Å². The summed E-state index contributed by atoms with van der Waals surface area (Å²) in [6.07, 6.45) is 2.22. The fraction of sp³-hybridized carbons (Fsp3) is 0.571. The summed E-state index contributed by atoms with van der Waals surface area (Å²) in [5.41, 5.74) is 1.17. The van der Waals surface area contributed by atoms with Crippen molar-refractivity contribution in [3.8, 4) is 0 Å². The first-order chi connectivity index (χ1) is 8.89. The van der Waals surface area contributed by atoms with Crippen LogP contribution in [0, 0.1) is 17.0 Å².